The lowest BCUT2D eigenvalue weighted by molar-refractivity contribution is 0.198. The van der Waals surface area contributed by atoms with Gasteiger partial charge in [-0.05, 0) is 41.0 Å². The molecule has 28 heavy (non-hydrogen) atoms. The van der Waals surface area contributed by atoms with Crippen molar-refractivity contribution in [1.82, 2.24) is 10.2 Å². The molecule has 1 atom stereocenters. The molecular weight excluding hydrogens is 412 g/mol. The number of halogens is 1. The summed E-state index contributed by atoms with van der Waals surface area (Å²) in [5.41, 5.74) is 3.79. The summed E-state index contributed by atoms with van der Waals surface area (Å²) in [6.45, 7) is 4.74. The van der Waals surface area contributed by atoms with Crippen molar-refractivity contribution in [3.63, 3.8) is 0 Å². The Morgan fingerprint density at radius 3 is 2.32 bits per heavy atom. The van der Waals surface area contributed by atoms with Crippen LogP contribution in [-0.4, -0.2) is 31.1 Å². The zero-order chi connectivity index (χ0) is 19.2. The molecule has 1 aliphatic heterocycles. The number of nitrogens with zero attached hydrogens (tertiary/aromatic N) is 1. The zero-order valence-corrected chi connectivity index (χ0v) is 17.4. The Morgan fingerprint density at radius 2 is 1.61 bits per heavy atom. The van der Waals surface area contributed by atoms with Crippen molar-refractivity contribution in [2.24, 2.45) is 0 Å². The minimum absolute atomic E-state index is 0.253. The van der Waals surface area contributed by atoms with Gasteiger partial charge in [-0.3, -0.25) is 4.90 Å². The summed E-state index contributed by atoms with van der Waals surface area (Å²) in [5.74, 6) is 0.904. The maximum absolute atomic E-state index is 5.97. The van der Waals surface area contributed by atoms with E-state index in [1.165, 1.54) is 16.7 Å². The van der Waals surface area contributed by atoms with Crippen LogP contribution in [0.2, 0.25) is 0 Å². The highest BCUT2D eigenvalue weighted by Crippen LogP contribution is 2.31. The van der Waals surface area contributed by atoms with Crippen molar-refractivity contribution in [1.29, 1.82) is 0 Å². The molecule has 1 aliphatic rings. The molecule has 0 radical (unpaired) electrons. The smallest absolute Gasteiger partial charge is 0.119 e. The van der Waals surface area contributed by atoms with Crippen molar-refractivity contribution in [3.8, 4) is 5.75 Å². The van der Waals surface area contributed by atoms with Gasteiger partial charge in [-0.2, -0.15) is 0 Å². The second kappa shape index (κ2) is 9.37. The Kier molecular flexibility index (Phi) is 6.42. The number of ether oxygens (including phenoxy) is 1. The molecule has 0 bridgehead atoms. The van der Waals surface area contributed by atoms with Crippen LogP contribution in [0.3, 0.4) is 0 Å². The molecule has 3 nitrogen and oxygen atoms in total. The predicted octanol–water partition coefficient (Wildman–Crippen LogP) is 5.02. The number of benzene rings is 3. The molecule has 144 valence electrons. The molecule has 4 rings (SSSR count). The highest BCUT2D eigenvalue weighted by molar-refractivity contribution is 9.10. The number of hydrogen-bond acceptors (Lipinski definition) is 3. The summed E-state index contributed by atoms with van der Waals surface area (Å²) in [6, 6.07) is 27.8. The Labute approximate surface area is 175 Å². The van der Waals surface area contributed by atoms with Crippen LogP contribution in [0.5, 0.6) is 5.75 Å². The van der Waals surface area contributed by atoms with Gasteiger partial charge >= 0.3 is 0 Å². The number of nitrogens with one attached hydrogen (secondary N) is 1. The minimum Gasteiger partial charge on any atom is -0.489 e. The third-order valence-corrected chi connectivity index (χ3v) is 5.62. The maximum Gasteiger partial charge on any atom is 0.119 e. The van der Waals surface area contributed by atoms with E-state index in [2.05, 4.69) is 86.8 Å². The summed E-state index contributed by atoms with van der Waals surface area (Å²) in [7, 11) is 0. The summed E-state index contributed by atoms with van der Waals surface area (Å²) in [6.07, 6.45) is 0. The molecule has 1 saturated heterocycles. The van der Waals surface area contributed by atoms with Gasteiger partial charge in [0.25, 0.3) is 0 Å². The fourth-order valence-electron chi connectivity index (χ4n) is 3.72. The quantitative estimate of drug-likeness (QED) is 0.586. The van der Waals surface area contributed by atoms with Crippen molar-refractivity contribution < 1.29 is 4.74 Å². The standard InChI is InChI=1S/C24H25BrN2O/c25-22-8-4-7-21(17-22)24(27-15-13-26-14-16-27)20-9-11-23(12-10-20)28-18-19-5-2-1-3-6-19/h1-12,17,24,26H,13-16,18H2. The van der Waals surface area contributed by atoms with E-state index in [4.69, 9.17) is 4.74 Å². The van der Waals surface area contributed by atoms with Crippen molar-refractivity contribution in [3.05, 3.63) is 100 Å². The zero-order valence-electron chi connectivity index (χ0n) is 15.9. The topological polar surface area (TPSA) is 24.5 Å². The van der Waals surface area contributed by atoms with Crippen LogP contribution in [0.15, 0.2) is 83.3 Å². The van der Waals surface area contributed by atoms with Gasteiger partial charge in [0, 0.05) is 30.7 Å². The first kappa shape index (κ1) is 19.2. The minimum atomic E-state index is 0.253. The summed E-state index contributed by atoms with van der Waals surface area (Å²) in [5, 5.41) is 3.45. The molecule has 0 spiro atoms. The van der Waals surface area contributed by atoms with Crippen LogP contribution in [0.25, 0.3) is 0 Å². The molecule has 1 fully saturated rings. The lowest BCUT2D eigenvalue weighted by Gasteiger charge is -2.35. The van der Waals surface area contributed by atoms with E-state index in [1.807, 2.05) is 18.2 Å². The fourth-order valence-corrected chi connectivity index (χ4v) is 4.14. The molecule has 0 aromatic heterocycles. The largest absolute Gasteiger partial charge is 0.489 e. The lowest BCUT2D eigenvalue weighted by Crippen LogP contribution is -2.45. The molecule has 4 heteroatoms. The van der Waals surface area contributed by atoms with Crippen molar-refractivity contribution >= 4 is 15.9 Å². The second-order valence-corrected chi connectivity index (χ2v) is 8.00. The molecule has 3 aromatic rings. The van der Waals surface area contributed by atoms with Crippen LogP contribution in [-0.2, 0) is 6.61 Å². The number of piperazine rings is 1. The van der Waals surface area contributed by atoms with E-state index in [0.717, 1.165) is 36.4 Å². The van der Waals surface area contributed by atoms with Gasteiger partial charge in [-0.25, -0.2) is 0 Å². The Hall–Kier alpha value is -2.14. The summed E-state index contributed by atoms with van der Waals surface area (Å²) >= 11 is 3.63. The molecule has 0 saturated carbocycles. The highest BCUT2D eigenvalue weighted by Gasteiger charge is 2.24. The second-order valence-electron chi connectivity index (χ2n) is 7.09. The molecular formula is C24H25BrN2O. The average Bonchev–Trinajstić information content (AvgIpc) is 2.75. The summed E-state index contributed by atoms with van der Waals surface area (Å²) < 4.78 is 7.08. The lowest BCUT2D eigenvalue weighted by atomic mass is 9.96. The molecule has 1 unspecified atom stereocenters. The average molecular weight is 437 g/mol. The molecule has 1 N–H and O–H groups in total. The van der Waals surface area contributed by atoms with Crippen LogP contribution < -0.4 is 10.1 Å². The SMILES string of the molecule is Brc1cccc(C(c2ccc(OCc3ccccc3)cc2)N2CCNCC2)c1. The van der Waals surface area contributed by atoms with E-state index in [9.17, 15) is 0 Å². The molecule has 0 aliphatic carbocycles. The Morgan fingerprint density at radius 1 is 0.857 bits per heavy atom. The van der Waals surface area contributed by atoms with E-state index in [-0.39, 0.29) is 6.04 Å². The van der Waals surface area contributed by atoms with E-state index < -0.39 is 0 Å². The van der Waals surface area contributed by atoms with Crippen LogP contribution in [0.4, 0.5) is 0 Å². The van der Waals surface area contributed by atoms with Gasteiger partial charge in [-0.1, -0.05) is 70.5 Å². The Bertz CT molecular complexity index is 877. The van der Waals surface area contributed by atoms with Gasteiger partial charge in [0.1, 0.15) is 12.4 Å². The van der Waals surface area contributed by atoms with Gasteiger partial charge in [0.2, 0.25) is 0 Å². The fraction of sp³-hybridized carbons (Fsp3) is 0.250. The highest BCUT2D eigenvalue weighted by atomic mass is 79.9. The van der Waals surface area contributed by atoms with Gasteiger partial charge in [0.15, 0.2) is 0 Å². The van der Waals surface area contributed by atoms with Crippen LogP contribution in [0, 0.1) is 0 Å². The molecule has 1 heterocycles. The van der Waals surface area contributed by atoms with Crippen molar-refractivity contribution in [2.75, 3.05) is 26.2 Å². The number of rotatable bonds is 6. The molecule has 0 amide bonds. The van der Waals surface area contributed by atoms with E-state index in [0.29, 0.717) is 6.61 Å². The summed E-state index contributed by atoms with van der Waals surface area (Å²) in [4.78, 5) is 2.55. The first-order chi connectivity index (χ1) is 13.8. The van der Waals surface area contributed by atoms with Crippen LogP contribution in [0.1, 0.15) is 22.7 Å². The number of hydrogen-bond donors (Lipinski definition) is 1. The third kappa shape index (κ3) is 4.82. The normalized spacial score (nSPS) is 15.9. The van der Waals surface area contributed by atoms with Gasteiger partial charge < -0.3 is 10.1 Å². The predicted molar refractivity (Wildman–Crippen MR) is 118 cm³/mol. The van der Waals surface area contributed by atoms with Gasteiger partial charge in [-0.15, -0.1) is 0 Å². The first-order valence-corrected chi connectivity index (χ1v) is 10.6. The van der Waals surface area contributed by atoms with Crippen LogP contribution >= 0.6 is 15.9 Å². The Balaban J connectivity index is 1.54. The maximum atomic E-state index is 5.97. The third-order valence-electron chi connectivity index (χ3n) is 5.13. The van der Waals surface area contributed by atoms with Crippen molar-refractivity contribution in [2.45, 2.75) is 12.6 Å². The first-order valence-electron chi connectivity index (χ1n) is 9.76. The van der Waals surface area contributed by atoms with E-state index >= 15 is 0 Å². The van der Waals surface area contributed by atoms with Gasteiger partial charge in [0.05, 0.1) is 6.04 Å². The van der Waals surface area contributed by atoms with E-state index in [1.54, 1.807) is 0 Å². The molecule has 3 aromatic carbocycles. The monoisotopic (exact) mass is 436 g/mol.